The van der Waals surface area contributed by atoms with E-state index in [1.165, 1.54) is 0 Å². The second-order valence-electron chi connectivity index (χ2n) is 4.79. The van der Waals surface area contributed by atoms with Crippen LogP contribution in [0.4, 0.5) is 0 Å². The van der Waals surface area contributed by atoms with Gasteiger partial charge in [0.15, 0.2) is 0 Å². The highest BCUT2D eigenvalue weighted by Gasteiger charge is 2.44. The lowest BCUT2D eigenvalue weighted by Crippen LogP contribution is -2.54. The molecule has 5 nitrogen and oxygen atoms in total. The topological polar surface area (TPSA) is 89.4 Å². The van der Waals surface area contributed by atoms with Crippen molar-refractivity contribution in [1.82, 2.24) is 4.90 Å². The van der Waals surface area contributed by atoms with E-state index < -0.39 is 17.2 Å². The van der Waals surface area contributed by atoms with E-state index in [1.807, 2.05) is 41.4 Å². The first-order chi connectivity index (χ1) is 9.04. The van der Waals surface area contributed by atoms with Crippen LogP contribution in [0.15, 0.2) is 42.6 Å². The van der Waals surface area contributed by atoms with E-state index in [-0.39, 0.29) is 13.0 Å². The Morgan fingerprint density at radius 2 is 1.79 bits per heavy atom. The van der Waals surface area contributed by atoms with E-state index >= 15 is 0 Å². The van der Waals surface area contributed by atoms with E-state index in [4.69, 9.17) is 11.5 Å². The van der Waals surface area contributed by atoms with Gasteiger partial charge in [0.1, 0.15) is 5.41 Å². The Morgan fingerprint density at radius 1 is 1.16 bits per heavy atom. The number of primary amides is 2. The van der Waals surface area contributed by atoms with Crippen molar-refractivity contribution < 1.29 is 9.59 Å². The van der Waals surface area contributed by atoms with Crippen LogP contribution in [-0.2, 0) is 16.1 Å². The van der Waals surface area contributed by atoms with Gasteiger partial charge in [-0.15, -0.1) is 0 Å². The average molecular weight is 259 g/mol. The Labute approximate surface area is 111 Å². The van der Waals surface area contributed by atoms with Crippen molar-refractivity contribution in [2.45, 2.75) is 13.0 Å². The molecule has 0 spiro atoms. The van der Waals surface area contributed by atoms with Crippen LogP contribution in [0.5, 0.6) is 0 Å². The van der Waals surface area contributed by atoms with Gasteiger partial charge >= 0.3 is 0 Å². The number of hydrogen-bond acceptors (Lipinski definition) is 3. The summed E-state index contributed by atoms with van der Waals surface area (Å²) in [6.45, 7) is 0.836. The zero-order chi connectivity index (χ0) is 13.9. The predicted molar refractivity (Wildman–Crippen MR) is 71.4 cm³/mol. The first-order valence-electron chi connectivity index (χ1n) is 6.09. The maximum atomic E-state index is 11.6. The van der Waals surface area contributed by atoms with Gasteiger partial charge in [-0.05, 0) is 18.2 Å². The van der Waals surface area contributed by atoms with Crippen LogP contribution in [0.2, 0.25) is 0 Å². The molecule has 1 aliphatic rings. The van der Waals surface area contributed by atoms with Gasteiger partial charge < -0.3 is 16.4 Å². The molecular weight excluding hydrogens is 242 g/mol. The molecule has 5 heteroatoms. The summed E-state index contributed by atoms with van der Waals surface area (Å²) in [7, 11) is 0. The van der Waals surface area contributed by atoms with Gasteiger partial charge in [0, 0.05) is 13.1 Å². The Balaban J connectivity index is 2.17. The highest BCUT2D eigenvalue weighted by Crippen LogP contribution is 2.28. The first kappa shape index (κ1) is 13.1. The van der Waals surface area contributed by atoms with Crippen LogP contribution in [0.1, 0.15) is 12.0 Å². The third kappa shape index (κ3) is 2.59. The van der Waals surface area contributed by atoms with Gasteiger partial charge in [-0.1, -0.05) is 36.4 Å². The van der Waals surface area contributed by atoms with Crippen LogP contribution in [0, 0.1) is 5.41 Å². The molecule has 4 N–H and O–H groups in total. The Hall–Kier alpha value is -2.30. The minimum Gasteiger partial charge on any atom is -0.372 e. The predicted octanol–water partition coefficient (Wildman–Crippen LogP) is 0.363. The largest absolute Gasteiger partial charge is 0.372 e. The molecule has 0 fully saturated rings. The van der Waals surface area contributed by atoms with Crippen LogP contribution < -0.4 is 11.5 Å². The second-order valence-corrected chi connectivity index (χ2v) is 4.79. The lowest BCUT2D eigenvalue weighted by atomic mass is 9.80. The molecule has 0 saturated heterocycles. The van der Waals surface area contributed by atoms with Crippen molar-refractivity contribution in [3.63, 3.8) is 0 Å². The lowest BCUT2D eigenvalue weighted by molar-refractivity contribution is -0.141. The smallest absolute Gasteiger partial charge is 0.235 e. The second kappa shape index (κ2) is 5.14. The Bertz CT molecular complexity index is 497. The van der Waals surface area contributed by atoms with Crippen molar-refractivity contribution in [1.29, 1.82) is 0 Å². The number of nitrogens with zero attached hydrogens (tertiary/aromatic N) is 1. The summed E-state index contributed by atoms with van der Waals surface area (Å²) < 4.78 is 0. The molecule has 1 aliphatic heterocycles. The van der Waals surface area contributed by atoms with Gasteiger partial charge in [0.25, 0.3) is 0 Å². The van der Waals surface area contributed by atoms with Crippen LogP contribution in [-0.4, -0.2) is 23.3 Å². The number of nitrogens with two attached hydrogens (primary N) is 2. The molecule has 0 saturated carbocycles. The van der Waals surface area contributed by atoms with E-state index in [2.05, 4.69) is 0 Å². The first-order valence-corrected chi connectivity index (χ1v) is 6.09. The van der Waals surface area contributed by atoms with Crippen molar-refractivity contribution in [3.8, 4) is 0 Å². The van der Waals surface area contributed by atoms with Crippen LogP contribution >= 0.6 is 0 Å². The Kier molecular flexibility index (Phi) is 3.55. The highest BCUT2D eigenvalue weighted by molar-refractivity contribution is 6.04. The molecule has 100 valence electrons. The summed E-state index contributed by atoms with van der Waals surface area (Å²) in [5.74, 6) is -1.33. The molecule has 0 aliphatic carbocycles. The maximum Gasteiger partial charge on any atom is 0.235 e. The SMILES string of the molecule is NC(=O)C1(C(N)=O)CC=CN(Cc2ccccc2)C1. The van der Waals surface area contributed by atoms with Crippen molar-refractivity contribution in [2.75, 3.05) is 6.54 Å². The van der Waals surface area contributed by atoms with Gasteiger partial charge in [-0.2, -0.15) is 0 Å². The fraction of sp³-hybridized carbons (Fsp3) is 0.286. The maximum absolute atomic E-state index is 11.6. The standard InChI is InChI=1S/C14H17N3O2/c15-12(18)14(13(16)19)7-4-8-17(10-14)9-11-5-2-1-3-6-11/h1-6,8H,7,9-10H2,(H2,15,18)(H2,16,19). The van der Waals surface area contributed by atoms with Gasteiger partial charge in [-0.25, -0.2) is 0 Å². The molecule has 1 aromatic rings. The van der Waals surface area contributed by atoms with Gasteiger partial charge in [0.05, 0.1) is 0 Å². The minimum absolute atomic E-state index is 0.225. The van der Waals surface area contributed by atoms with Crippen molar-refractivity contribution >= 4 is 11.8 Å². The molecule has 0 radical (unpaired) electrons. The number of carbonyl (C=O) groups is 2. The fourth-order valence-corrected chi connectivity index (χ4v) is 2.27. The van der Waals surface area contributed by atoms with Crippen LogP contribution in [0.25, 0.3) is 0 Å². The molecule has 1 heterocycles. The zero-order valence-corrected chi connectivity index (χ0v) is 10.6. The number of allylic oxidation sites excluding steroid dienone is 1. The third-order valence-corrected chi connectivity index (χ3v) is 3.43. The number of amides is 2. The molecule has 0 atom stereocenters. The fourth-order valence-electron chi connectivity index (χ4n) is 2.27. The Morgan fingerprint density at radius 3 is 2.37 bits per heavy atom. The molecule has 0 bridgehead atoms. The van der Waals surface area contributed by atoms with Crippen LogP contribution in [0.3, 0.4) is 0 Å². The number of hydrogen-bond donors (Lipinski definition) is 2. The summed E-state index contributed by atoms with van der Waals surface area (Å²) in [5, 5.41) is 0. The van der Waals surface area contributed by atoms with E-state index in [0.29, 0.717) is 6.54 Å². The molecular formula is C14H17N3O2. The quantitative estimate of drug-likeness (QED) is 0.765. The summed E-state index contributed by atoms with van der Waals surface area (Å²) in [4.78, 5) is 25.0. The van der Waals surface area contributed by atoms with Gasteiger partial charge in [0.2, 0.25) is 11.8 Å². The molecule has 2 rings (SSSR count). The minimum atomic E-state index is -1.30. The summed E-state index contributed by atoms with van der Waals surface area (Å²) in [5.41, 5.74) is 10.5. The summed E-state index contributed by atoms with van der Waals surface area (Å²) >= 11 is 0. The van der Waals surface area contributed by atoms with Crippen molar-refractivity contribution in [2.24, 2.45) is 16.9 Å². The van der Waals surface area contributed by atoms with E-state index in [0.717, 1.165) is 5.56 Å². The average Bonchev–Trinajstić information content (AvgIpc) is 2.39. The van der Waals surface area contributed by atoms with E-state index in [1.54, 1.807) is 6.08 Å². The number of carbonyl (C=O) groups excluding carboxylic acids is 2. The lowest BCUT2D eigenvalue weighted by Gasteiger charge is -2.35. The van der Waals surface area contributed by atoms with Gasteiger partial charge in [-0.3, -0.25) is 9.59 Å². The molecule has 19 heavy (non-hydrogen) atoms. The highest BCUT2D eigenvalue weighted by atomic mass is 16.2. The third-order valence-electron chi connectivity index (χ3n) is 3.43. The molecule has 0 unspecified atom stereocenters. The molecule has 0 aromatic heterocycles. The van der Waals surface area contributed by atoms with E-state index in [9.17, 15) is 9.59 Å². The summed E-state index contributed by atoms with van der Waals surface area (Å²) in [6, 6.07) is 9.79. The number of rotatable bonds is 4. The number of benzene rings is 1. The molecule has 1 aromatic carbocycles. The zero-order valence-electron chi connectivity index (χ0n) is 10.6. The van der Waals surface area contributed by atoms with Crippen molar-refractivity contribution in [3.05, 3.63) is 48.2 Å². The molecule has 2 amide bonds. The summed E-state index contributed by atoms with van der Waals surface area (Å²) in [6.07, 6.45) is 3.90. The monoisotopic (exact) mass is 259 g/mol. The normalized spacial score (nSPS) is 17.2.